The van der Waals surface area contributed by atoms with Crippen molar-refractivity contribution in [3.05, 3.63) is 35.9 Å². The van der Waals surface area contributed by atoms with Crippen LogP contribution in [-0.2, 0) is 11.4 Å². The van der Waals surface area contributed by atoms with Crippen LogP contribution in [0.2, 0.25) is 0 Å². The highest BCUT2D eigenvalue weighted by molar-refractivity contribution is 5.84. The van der Waals surface area contributed by atoms with E-state index in [0.717, 1.165) is 43.4 Å². The molecular formula is C15H18N2O. The van der Waals surface area contributed by atoms with Crippen LogP contribution in [-0.4, -0.2) is 5.71 Å². The van der Waals surface area contributed by atoms with Crippen LogP contribution in [0.1, 0.15) is 37.7 Å². The third-order valence-corrected chi connectivity index (χ3v) is 3.20. The lowest BCUT2D eigenvalue weighted by atomic mass is 10.0. The van der Waals surface area contributed by atoms with Crippen LogP contribution in [0.15, 0.2) is 35.5 Å². The zero-order valence-electron chi connectivity index (χ0n) is 10.5. The minimum absolute atomic E-state index is 0.117. The number of oxime groups is 1. The molecule has 0 N–H and O–H groups in total. The summed E-state index contributed by atoms with van der Waals surface area (Å²) in [4.78, 5) is 5.39. The molecule has 0 radical (unpaired) electrons. The first-order valence-electron chi connectivity index (χ1n) is 6.49. The van der Waals surface area contributed by atoms with E-state index in [1.165, 1.54) is 0 Å². The lowest BCUT2D eigenvalue weighted by molar-refractivity contribution is 0.129. The van der Waals surface area contributed by atoms with Gasteiger partial charge in [-0.15, -0.1) is 0 Å². The van der Waals surface area contributed by atoms with Crippen LogP contribution in [0.25, 0.3) is 0 Å². The predicted molar refractivity (Wildman–Crippen MR) is 70.9 cm³/mol. The Bertz CT molecular complexity index is 434. The predicted octanol–water partition coefficient (Wildman–Crippen LogP) is 3.66. The average molecular weight is 242 g/mol. The van der Waals surface area contributed by atoms with Crippen LogP contribution in [0.3, 0.4) is 0 Å². The molecule has 1 saturated carbocycles. The minimum Gasteiger partial charge on any atom is -0.391 e. The second kappa shape index (κ2) is 6.80. The second-order valence-electron chi connectivity index (χ2n) is 4.69. The van der Waals surface area contributed by atoms with Crippen molar-refractivity contribution in [2.75, 3.05) is 0 Å². The van der Waals surface area contributed by atoms with Gasteiger partial charge in [0.05, 0.1) is 17.7 Å². The molecule has 0 heterocycles. The zero-order chi connectivity index (χ0) is 12.6. The molecule has 94 valence electrons. The second-order valence-corrected chi connectivity index (χ2v) is 4.69. The minimum atomic E-state index is 0.117. The van der Waals surface area contributed by atoms with Crippen LogP contribution in [0, 0.1) is 17.2 Å². The molecule has 1 aromatic carbocycles. The highest BCUT2D eigenvalue weighted by Crippen LogP contribution is 2.21. The van der Waals surface area contributed by atoms with Crippen LogP contribution < -0.4 is 0 Å². The van der Waals surface area contributed by atoms with Crippen molar-refractivity contribution in [2.24, 2.45) is 11.1 Å². The van der Waals surface area contributed by atoms with E-state index in [4.69, 9.17) is 10.1 Å². The summed E-state index contributed by atoms with van der Waals surface area (Å²) in [5.74, 6) is 0.117. The van der Waals surface area contributed by atoms with Gasteiger partial charge in [0.15, 0.2) is 0 Å². The van der Waals surface area contributed by atoms with E-state index in [0.29, 0.717) is 6.61 Å². The summed E-state index contributed by atoms with van der Waals surface area (Å²) in [7, 11) is 0. The Morgan fingerprint density at radius 1 is 1.28 bits per heavy atom. The third kappa shape index (κ3) is 3.89. The zero-order valence-corrected chi connectivity index (χ0v) is 10.5. The number of hydrogen-bond donors (Lipinski definition) is 0. The first-order valence-corrected chi connectivity index (χ1v) is 6.49. The van der Waals surface area contributed by atoms with Crippen LogP contribution in [0.5, 0.6) is 0 Å². The molecule has 1 aliphatic carbocycles. The molecule has 18 heavy (non-hydrogen) atoms. The van der Waals surface area contributed by atoms with Crippen molar-refractivity contribution in [1.29, 1.82) is 5.26 Å². The summed E-state index contributed by atoms with van der Waals surface area (Å²) in [6.45, 7) is 0.502. The van der Waals surface area contributed by atoms with Crippen molar-refractivity contribution < 1.29 is 4.84 Å². The van der Waals surface area contributed by atoms with Gasteiger partial charge in [-0.2, -0.15) is 5.26 Å². The number of benzene rings is 1. The van der Waals surface area contributed by atoms with E-state index in [1.807, 2.05) is 30.3 Å². The Hall–Kier alpha value is -1.82. The number of rotatable bonds is 3. The molecule has 0 spiro atoms. The molecule has 1 unspecified atom stereocenters. The average Bonchev–Trinajstić information content (AvgIpc) is 2.65. The SMILES string of the molecule is N#CC1CCCC/C(=N\OCc2ccccc2)C1. The Morgan fingerprint density at radius 2 is 2.11 bits per heavy atom. The lowest BCUT2D eigenvalue weighted by Crippen LogP contribution is -2.04. The van der Waals surface area contributed by atoms with Crippen LogP contribution in [0.4, 0.5) is 0 Å². The van der Waals surface area contributed by atoms with Gasteiger partial charge in [-0.1, -0.05) is 41.9 Å². The van der Waals surface area contributed by atoms with Crippen molar-refractivity contribution in [3.8, 4) is 6.07 Å². The van der Waals surface area contributed by atoms with Crippen molar-refractivity contribution in [1.82, 2.24) is 0 Å². The molecule has 3 nitrogen and oxygen atoms in total. The summed E-state index contributed by atoms with van der Waals surface area (Å²) in [6, 6.07) is 12.3. The molecule has 0 bridgehead atoms. The quantitative estimate of drug-likeness (QED) is 0.599. The van der Waals surface area contributed by atoms with Gasteiger partial charge in [0.2, 0.25) is 0 Å². The first-order chi connectivity index (χ1) is 8.88. The highest BCUT2D eigenvalue weighted by atomic mass is 16.6. The Balaban J connectivity index is 1.86. The molecule has 0 amide bonds. The number of hydrogen-bond acceptors (Lipinski definition) is 3. The van der Waals surface area contributed by atoms with E-state index in [1.54, 1.807) is 0 Å². The normalized spacial score (nSPS) is 22.2. The molecular weight excluding hydrogens is 224 g/mol. The molecule has 3 heteroatoms. The molecule has 0 aliphatic heterocycles. The molecule has 1 aliphatic rings. The van der Waals surface area contributed by atoms with Crippen molar-refractivity contribution in [3.63, 3.8) is 0 Å². The number of nitriles is 1. The maximum absolute atomic E-state index is 8.99. The summed E-state index contributed by atoms with van der Waals surface area (Å²) >= 11 is 0. The lowest BCUT2D eigenvalue weighted by Gasteiger charge is -2.05. The summed E-state index contributed by atoms with van der Waals surface area (Å²) in [5, 5.41) is 13.2. The molecule has 2 rings (SSSR count). The maximum atomic E-state index is 8.99. The first kappa shape index (κ1) is 12.6. The monoisotopic (exact) mass is 242 g/mol. The van der Waals surface area contributed by atoms with E-state index < -0.39 is 0 Å². The largest absolute Gasteiger partial charge is 0.391 e. The molecule has 1 fully saturated rings. The van der Waals surface area contributed by atoms with E-state index in [9.17, 15) is 0 Å². The smallest absolute Gasteiger partial charge is 0.142 e. The van der Waals surface area contributed by atoms with Gasteiger partial charge in [0.1, 0.15) is 6.61 Å². The Kier molecular flexibility index (Phi) is 4.78. The van der Waals surface area contributed by atoms with Gasteiger partial charge in [0.25, 0.3) is 0 Å². The molecule has 1 aromatic rings. The van der Waals surface area contributed by atoms with E-state index in [-0.39, 0.29) is 5.92 Å². The van der Waals surface area contributed by atoms with Gasteiger partial charge in [0, 0.05) is 6.42 Å². The molecule has 1 atom stereocenters. The Labute approximate surface area is 108 Å². The fraction of sp³-hybridized carbons (Fsp3) is 0.467. The fourth-order valence-electron chi connectivity index (χ4n) is 2.17. The van der Waals surface area contributed by atoms with Crippen LogP contribution >= 0.6 is 0 Å². The number of nitrogens with zero attached hydrogens (tertiary/aromatic N) is 2. The summed E-state index contributed by atoms with van der Waals surface area (Å²) < 4.78 is 0. The van der Waals surface area contributed by atoms with Gasteiger partial charge in [-0.3, -0.25) is 0 Å². The summed E-state index contributed by atoms with van der Waals surface area (Å²) in [5.41, 5.74) is 2.15. The van der Waals surface area contributed by atoms with Gasteiger partial charge >= 0.3 is 0 Å². The van der Waals surface area contributed by atoms with E-state index in [2.05, 4.69) is 11.2 Å². The highest BCUT2D eigenvalue weighted by Gasteiger charge is 2.16. The summed E-state index contributed by atoms with van der Waals surface area (Å²) in [6.07, 6.45) is 4.97. The molecule has 0 saturated heterocycles. The molecule has 0 aromatic heterocycles. The maximum Gasteiger partial charge on any atom is 0.142 e. The van der Waals surface area contributed by atoms with Crippen molar-refractivity contribution in [2.45, 2.75) is 38.7 Å². The van der Waals surface area contributed by atoms with Crippen molar-refractivity contribution >= 4 is 5.71 Å². The van der Waals surface area contributed by atoms with Gasteiger partial charge < -0.3 is 4.84 Å². The van der Waals surface area contributed by atoms with Gasteiger partial charge in [-0.25, -0.2) is 0 Å². The fourth-order valence-corrected chi connectivity index (χ4v) is 2.17. The third-order valence-electron chi connectivity index (χ3n) is 3.20. The standard InChI is InChI=1S/C15H18N2O/c16-11-14-8-4-5-9-15(10-14)17-18-12-13-6-2-1-3-7-13/h1-3,6-7,14H,4-5,8-10,12H2/b17-15+. The van der Waals surface area contributed by atoms with E-state index >= 15 is 0 Å². The Morgan fingerprint density at radius 3 is 2.89 bits per heavy atom. The van der Waals surface area contributed by atoms with Gasteiger partial charge in [-0.05, 0) is 24.8 Å². The topological polar surface area (TPSA) is 45.4 Å².